The number of alkyl halides is 10. The van der Waals surface area contributed by atoms with Gasteiger partial charge in [0.2, 0.25) is 0 Å². The first kappa shape index (κ1) is 20.6. The number of esters is 1. The zero-order valence-corrected chi connectivity index (χ0v) is 12.2. The summed E-state index contributed by atoms with van der Waals surface area (Å²) in [6, 6.07) is 0. The van der Waals surface area contributed by atoms with E-state index in [1.54, 1.807) is 0 Å². The molecule has 126 valence electrons. The van der Waals surface area contributed by atoms with Gasteiger partial charge in [-0.15, -0.1) is 0 Å². The number of halogens is 10. The van der Waals surface area contributed by atoms with Crippen molar-refractivity contribution < 1.29 is 49.0 Å². The van der Waals surface area contributed by atoms with Crippen LogP contribution in [-0.4, -0.2) is 40.4 Å². The zero-order chi connectivity index (χ0) is 17.3. The van der Waals surface area contributed by atoms with Gasteiger partial charge in [-0.25, -0.2) is 0 Å². The van der Waals surface area contributed by atoms with Crippen LogP contribution in [0.1, 0.15) is 13.3 Å². The molecular formula is C9H8F9IO2. The van der Waals surface area contributed by atoms with Crippen LogP contribution in [0.25, 0.3) is 0 Å². The van der Waals surface area contributed by atoms with Crippen LogP contribution >= 0.6 is 22.6 Å². The van der Waals surface area contributed by atoms with Crippen LogP contribution in [0.2, 0.25) is 0 Å². The Kier molecular flexibility index (Phi) is 6.23. The number of carbonyl (C=O) groups is 1. The minimum absolute atomic E-state index is 0.307. The lowest BCUT2D eigenvalue weighted by Crippen LogP contribution is -2.61. The summed E-state index contributed by atoms with van der Waals surface area (Å²) in [5.41, 5.74) is 0. The highest BCUT2D eigenvalue weighted by Crippen LogP contribution is 2.54. The highest BCUT2D eigenvalue weighted by Gasteiger charge is 2.81. The molecule has 0 aliphatic carbocycles. The molecule has 21 heavy (non-hydrogen) atoms. The fourth-order valence-electron chi connectivity index (χ4n) is 1.08. The maximum absolute atomic E-state index is 13.1. The Hall–Kier alpha value is -0.430. The van der Waals surface area contributed by atoms with Crippen LogP contribution in [0.5, 0.6) is 0 Å². The van der Waals surface area contributed by atoms with E-state index in [1.165, 1.54) is 6.92 Å². The monoisotopic (exact) mass is 446 g/mol. The number of rotatable bonds is 6. The lowest BCUT2D eigenvalue weighted by molar-refractivity contribution is -0.396. The maximum atomic E-state index is 13.1. The molecule has 1 atom stereocenters. The Bertz CT molecular complexity index is 380. The molecule has 0 aromatic carbocycles. The van der Waals surface area contributed by atoms with E-state index >= 15 is 0 Å². The van der Waals surface area contributed by atoms with Gasteiger partial charge in [0.15, 0.2) is 0 Å². The van der Waals surface area contributed by atoms with Crippen molar-refractivity contribution in [2.75, 3.05) is 6.61 Å². The van der Waals surface area contributed by atoms with Crippen molar-refractivity contribution in [3.05, 3.63) is 0 Å². The molecule has 12 heteroatoms. The number of carbonyl (C=O) groups excluding carboxylic acids is 1. The van der Waals surface area contributed by atoms with Crippen molar-refractivity contribution in [1.29, 1.82) is 0 Å². The molecule has 0 saturated carbocycles. The van der Waals surface area contributed by atoms with Gasteiger partial charge in [0, 0.05) is 6.42 Å². The van der Waals surface area contributed by atoms with Crippen molar-refractivity contribution in [2.24, 2.45) is 0 Å². The minimum Gasteiger partial charge on any atom is -0.465 e. The normalized spacial score (nSPS) is 15.8. The molecule has 0 saturated heterocycles. The van der Waals surface area contributed by atoms with Gasteiger partial charge in [0.05, 0.1) is 6.61 Å². The summed E-state index contributed by atoms with van der Waals surface area (Å²) in [4.78, 5) is 11.0. The molecule has 1 unspecified atom stereocenters. The van der Waals surface area contributed by atoms with E-state index < -0.39 is 40.3 Å². The van der Waals surface area contributed by atoms with Crippen LogP contribution in [0, 0.1) is 0 Å². The van der Waals surface area contributed by atoms with Gasteiger partial charge in [-0.05, 0) is 6.92 Å². The van der Waals surface area contributed by atoms with E-state index in [4.69, 9.17) is 0 Å². The highest BCUT2D eigenvalue weighted by atomic mass is 127. The smallest absolute Gasteiger partial charge is 0.460 e. The highest BCUT2D eigenvalue weighted by molar-refractivity contribution is 14.1. The molecule has 0 aromatic rings. The van der Waals surface area contributed by atoms with Crippen LogP contribution in [-0.2, 0) is 9.53 Å². The van der Waals surface area contributed by atoms with Gasteiger partial charge in [-0.2, -0.15) is 39.5 Å². The topological polar surface area (TPSA) is 26.3 Å². The standard InChI is InChI=1S/C9H8F9IO2/c1-2-21-5(20)4(19)3-6(10,11)7(12,13)8(14,15)9(16,17)18/h4H,2-3H2,1H3. The van der Waals surface area contributed by atoms with E-state index in [0.717, 1.165) is 22.6 Å². The van der Waals surface area contributed by atoms with Gasteiger partial charge in [0.25, 0.3) is 0 Å². The third-order valence-electron chi connectivity index (χ3n) is 2.19. The molecule has 2 nitrogen and oxygen atoms in total. The summed E-state index contributed by atoms with van der Waals surface area (Å²) in [6.45, 7) is 0.949. The predicted molar refractivity (Wildman–Crippen MR) is 60.0 cm³/mol. The molecule has 0 N–H and O–H groups in total. The molecule has 0 bridgehead atoms. The average Bonchev–Trinajstić information content (AvgIpc) is 2.26. The Morgan fingerprint density at radius 2 is 1.43 bits per heavy atom. The van der Waals surface area contributed by atoms with Crippen LogP contribution in [0.4, 0.5) is 39.5 Å². The van der Waals surface area contributed by atoms with Crippen molar-refractivity contribution in [3.8, 4) is 0 Å². The number of ether oxygens (including phenoxy) is 1. The van der Waals surface area contributed by atoms with Gasteiger partial charge < -0.3 is 4.74 Å². The second-order valence-electron chi connectivity index (χ2n) is 3.77. The molecule has 0 spiro atoms. The summed E-state index contributed by atoms with van der Waals surface area (Å²) in [5.74, 6) is -20.9. The predicted octanol–water partition coefficient (Wildman–Crippen LogP) is 4.21. The molecule has 0 radical (unpaired) electrons. The molecule has 0 rings (SSSR count). The second-order valence-corrected chi connectivity index (χ2v) is 5.28. The zero-order valence-electron chi connectivity index (χ0n) is 10.1. The lowest BCUT2D eigenvalue weighted by Gasteiger charge is -2.34. The largest absolute Gasteiger partial charge is 0.465 e. The summed E-state index contributed by atoms with van der Waals surface area (Å²) in [5, 5.41) is 0. The Labute approximate surface area is 126 Å². The first-order valence-corrected chi connectivity index (χ1v) is 6.37. The van der Waals surface area contributed by atoms with Crippen LogP contribution in [0.15, 0.2) is 0 Å². The van der Waals surface area contributed by atoms with E-state index in [9.17, 15) is 44.3 Å². The number of hydrogen-bond acceptors (Lipinski definition) is 2. The van der Waals surface area contributed by atoms with Crippen LogP contribution in [0.3, 0.4) is 0 Å². The lowest BCUT2D eigenvalue weighted by atomic mass is 9.99. The summed E-state index contributed by atoms with van der Waals surface area (Å²) in [7, 11) is 0. The van der Waals surface area contributed by atoms with Crippen molar-refractivity contribution in [2.45, 2.75) is 41.2 Å². The average molecular weight is 446 g/mol. The molecular weight excluding hydrogens is 438 g/mol. The first-order chi connectivity index (χ1) is 9.12. The van der Waals surface area contributed by atoms with Gasteiger partial charge in [-0.3, -0.25) is 4.79 Å². The van der Waals surface area contributed by atoms with Gasteiger partial charge in [-0.1, -0.05) is 22.6 Å². The first-order valence-electron chi connectivity index (χ1n) is 5.12. The fraction of sp³-hybridized carbons (Fsp3) is 0.889. The maximum Gasteiger partial charge on any atom is 0.460 e. The van der Waals surface area contributed by atoms with Gasteiger partial charge in [0.1, 0.15) is 3.92 Å². The Morgan fingerprint density at radius 1 is 1.00 bits per heavy atom. The minimum atomic E-state index is -6.95. The molecule has 0 aliphatic heterocycles. The van der Waals surface area contributed by atoms with E-state index in [0.29, 0.717) is 0 Å². The molecule has 0 heterocycles. The number of hydrogen-bond donors (Lipinski definition) is 0. The van der Waals surface area contributed by atoms with Crippen molar-refractivity contribution in [3.63, 3.8) is 0 Å². The SMILES string of the molecule is CCOC(=O)C(I)CC(F)(F)C(F)(F)C(F)(F)C(F)(F)F. The Balaban J connectivity index is 5.35. The quantitative estimate of drug-likeness (QED) is 0.265. The van der Waals surface area contributed by atoms with Gasteiger partial charge >= 0.3 is 29.9 Å². The third kappa shape index (κ3) is 4.06. The van der Waals surface area contributed by atoms with E-state index in [2.05, 4.69) is 4.74 Å². The molecule has 0 fully saturated rings. The summed E-state index contributed by atoms with van der Waals surface area (Å²) in [6.07, 6.45) is -9.10. The Morgan fingerprint density at radius 3 is 1.76 bits per heavy atom. The fourth-order valence-corrected chi connectivity index (χ4v) is 1.81. The summed E-state index contributed by atoms with van der Waals surface area (Å²) < 4.78 is 115. The third-order valence-corrected chi connectivity index (χ3v) is 3.14. The summed E-state index contributed by atoms with van der Waals surface area (Å²) >= 11 is 0.891. The van der Waals surface area contributed by atoms with Crippen molar-refractivity contribution >= 4 is 28.6 Å². The molecule has 0 aromatic heterocycles. The molecule has 0 aliphatic rings. The van der Waals surface area contributed by atoms with Crippen molar-refractivity contribution in [1.82, 2.24) is 0 Å². The van der Waals surface area contributed by atoms with Crippen LogP contribution < -0.4 is 0 Å². The molecule has 0 amide bonds. The second kappa shape index (κ2) is 6.36. The van der Waals surface area contributed by atoms with E-state index in [1.807, 2.05) is 0 Å². The van der Waals surface area contributed by atoms with E-state index in [-0.39, 0.29) is 6.61 Å².